The Hall–Kier alpha value is -0.380. The van der Waals surface area contributed by atoms with Crippen LogP contribution < -0.4 is 5.73 Å². The number of hydrogen-bond acceptors (Lipinski definition) is 2. The fourth-order valence-corrected chi connectivity index (χ4v) is 1.03. The van der Waals surface area contributed by atoms with Crippen LogP contribution in [0, 0.1) is 5.82 Å². The van der Waals surface area contributed by atoms with Gasteiger partial charge < -0.3 is 5.73 Å². The zero-order valence-electron chi connectivity index (χ0n) is 5.44. The SMILES string of the molecule is NCc1cc(F)c(Cl)nc1Cl. The summed E-state index contributed by atoms with van der Waals surface area (Å²) in [7, 11) is 0. The summed E-state index contributed by atoms with van der Waals surface area (Å²) in [6.45, 7) is 0.153. The Labute approximate surface area is 73.1 Å². The molecule has 0 spiro atoms. The molecule has 0 saturated heterocycles. The van der Waals surface area contributed by atoms with Gasteiger partial charge in [-0.05, 0) is 6.07 Å². The highest BCUT2D eigenvalue weighted by atomic mass is 35.5. The van der Waals surface area contributed by atoms with E-state index in [9.17, 15) is 4.39 Å². The summed E-state index contributed by atoms with van der Waals surface area (Å²) in [4.78, 5) is 3.52. The topological polar surface area (TPSA) is 38.9 Å². The molecule has 0 atom stereocenters. The van der Waals surface area contributed by atoms with Crippen LogP contribution in [0.2, 0.25) is 10.3 Å². The Morgan fingerprint density at radius 1 is 1.45 bits per heavy atom. The fraction of sp³-hybridized carbons (Fsp3) is 0.167. The number of rotatable bonds is 1. The lowest BCUT2D eigenvalue weighted by Crippen LogP contribution is -2.00. The van der Waals surface area contributed by atoms with E-state index < -0.39 is 5.82 Å². The van der Waals surface area contributed by atoms with Gasteiger partial charge in [0, 0.05) is 12.1 Å². The highest BCUT2D eigenvalue weighted by molar-refractivity contribution is 6.32. The van der Waals surface area contributed by atoms with Gasteiger partial charge in [-0.1, -0.05) is 23.2 Å². The van der Waals surface area contributed by atoms with E-state index in [1.54, 1.807) is 0 Å². The molecule has 1 aromatic rings. The lowest BCUT2D eigenvalue weighted by atomic mass is 10.3. The lowest BCUT2D eigenvalue weighted by molar-refractivity contribution is 0.619. The molecule has 0 aliphatic heterocycles. The van der Waals surface area contributed by atoms with Crippen LogP contribution >= 0.6 is 23.2 Å². The Balaban J connectivity index is 3.21. The van der Waals surface area contributed by atoms with Gasteiger partial charge in [0.2, 0.25) is 0 Å². The molecule has 0 unspecified atom stereocenters. The smallest absolute Gasteiger partial charge is 0.166 e. The molecule has 60 valence electrons. The summed E-state index contributed by atoms with van der Waals surface area (Å²) in [5.41, 5.74) is 5.69. The zero-order valence-corrected chi connectivity index (χ0v) is 6.95. The van der Waals surface area contributed by atoms with Crippen molar-refractivity contribution < 1.29 is 4.39 Å². The van der Waals surface area contributed by atoms with E-state index in [1.165, 1.54) is 6.07 Å². The van der Waals surface area contributed by atoms with Crippen molar-refractivity contribution in [1.29, 1.82) is 0 Å². The number of halogens is 3. The van der Waals surface area contributed by atoms with Crippen LogP contribution in [0.25, 0.3) is 0 Å². The Morgan fingerprint density at radius 3 is 2.64 bits per heavy atom. The third kappa shape index (κ3) is 1.80. The standard InChI is InChI=1S/C6H5Cl2FN2/c7-5-3(2-10)1-4(9)6(8)11-5/h1H,2,10H2. The first-order chi connectivity index (χ1) is 5.15. The van der Waals surface area contributed by atoms with Crippen LogP contribution in [0.5, 0.6) is 0 Å². The van der Waals surface area contributed by atoms with Gasteiger partial charge in [0.1, 0.15) is 5.15 Å². The van der Waals surface area contributed by atoms with Gasteiger partial charge in [-0.3, -0.25) is 0 Å². The molecular weight excluding hydrogens is 190 g/mol. The van der Waals surface area contributed by atoms with Crippen molar-refractivity contribution in [2.24, 2.45) is 5.73 Å². The van der Waals surface area contributed by atoms with E-state index in [0.29, 0.717) is 5.56 Å². The first-order valence-corrected chi connectivity index (χ1v) is 3.61. The normalized spacial score (nSPS) is 10.2. The molecule has 2 N–H and O–H groups in total. The first kappa shape index (κ1) is 8.71. The molecule has 11 heavy (non-hydrogen) atoms. The average molecular weight is 195 g/mol. The Bertz CT molecular complexity index is 278. The number of nitrogens with zero attached hydrogens (tertiary/aromatic N) is 1. The predicted octanol–water partition coefficient (Wildman–Crippen LogP) is 1.99. The molecule has 2 nitrogen and oxygen atoms in total. The average Bonchev–Trinajstić information content (AvgIpc) is 1.97. The third-order valence-electron chi connectivity index (χ3n) is 1.18. The van der Waals surface area contributed by atoms with E-state index in [1.807, 2.05) is 0 Å². The van der Waals surface area contributed by atoms with E-state index in [-0.39, 0.29) is 16.9 Å². The van der Waals surface area contributed by atoms with Crippen molar-refractivity contribution in [3.63, 3.8) is 0 Å². The number of hydrogen-bond donors (Lipinski definition) is 1. The van der Waals surface area contributed by atoms with Gasteiger partial charge in [0.25, 0.3) is 0 Å². The molecule has 1 heterocycles. The van der Waals surface area contributed by atoms with E-state index >= 15 is 0 Å². The molecule has 0 radical (unpaired) electrons. The molecule has 5 heteroatoms. The van der Waals surface area contributed by atoms with E-state index in [4.69, 9.17) is 28.9 Å². The largest absolute Gasteiger partial charge is 0.326 e. The second kappa shape index (κ2) is 3.34. The van der Waals surface area contributed by atoms with Gasteiger partial charge in [-0.15, -0.1) is 0 Å². The molecule has 0 saturated carbocycles. The van der Waals surface area contributed by atoms with Gasteiger partial charge in [-0.2, -0.15) is 0 Å². The maximum Gasteiger partial charge on any atom is 0.166 e. The predicted molar refractivity (Wildman–Crippen MR) is 42.1 cm³/mol. The van der Waals surface area contributed by atoms with Crippen molar-refractivity contribution in [3.8, 4) is 0 Å². The Morgan fingerprint density at radius 2 is 2.09 bits per heavy atom. The summed E-state index contributed by atoms with van der Waals surface area (Å²) in [5, 5.41) is -0.0777. The summed E-state index contributed by atoms with van der Waals surface area (Å²) in [6, 6.07) is 1.18. The Kier molecular flexibility index (Phi) is 2.65. The molecule has 1 rings (SSSR count). The van der Waals surface area contributed by atoms with Crippen LogP contribution in [0.1, 0.15) is 5.56 Å². The second-order valence-corrected chi connectivity index (χ2v) is 2.63. The van der Waals surface area contributed by atoms with Crippen molar-refractivity contribution in [2.45, 2.75) is 6.54 Å². The van der Waals surface area contributed by atoms with Crippen LogP contribution in [-0.4, -0.2) is 4.98 Å². The van der Waals surface area contributed by atoms with Crippen molar-refractivity contribution in [3.05, 3.63) is 27.8 Å². The highest BCUT2D eigenvalue weighted by Gasteiger charge is 2.06. The zero-order chi connectivity index (χ0) is 8.43. The molecule has 0 aliphatic carbocycles. The van der Waals surface area contributed by atoms with Crippen molar-refractivity contribution in [1.82, 2.24) is 4.98 Å². The van der Waals surface area contributed by atoms with Crippen LogP contribution in [0.3, 0.4) is 0 Å². The molecule has 1 aromatic heterocycles. The fourth-order valence-electron chi connectivity index (χ4n) is 0.627. The van der Waals surface area contributed by atoms with Crippen molar-refractivity contribution in [2.75, 3.05) is 0 Å². The number of aromatic nitrogens is 1. The van der Waals surface area contributed by atoms with Gasteiger partial charge >= 0.3 is 0 Å². The summed E-state index contributed by atoms with van der Waals surface area (Å²) >= 11 is 10.9. The first-order valence-electron chi connectivity index (χ1n) is 2.85. The molecular formula is C6H5Cl2FN2. The van der Waals surface area contributed by atoms with Gasteiger partial charge in [-0.25, -0.2) is 9.37 Å². The summed E-state index contributed by atoms with van der Waals surface area (Å²) in [5.74, 6) is -0.600. The summed E-state index contributed by atoms with van der Waals surface area (Å²) in [6.07, 6.45) is 0. The van der Waals surface area contributed by atoms with E-state index in [2.05, 4.69) is 4.98 Å². The molecule has 0 aliphatic rings. The number of pyridine rings is 1. The molecule has 0 bridgehead atoms. The lowest BCUT2D eigenvalue weighted by Gasteiger charge is -2.00. The van der Waals surface area contributed by atoms with Gasteiger partial charge in [0.05, 0.1) is 0 Å². The van der Waals surface area contributed by atoms with Crippen molar-refractivity contribution >= 4 is 23.2 Å². The van der Waals surface area contributed by atoms with E-state index in [0.717, 1.165) is 0 Å². The van der Waals surface area contributed by atoms with Crippen LogP contribution in [0.4, 0.5) is 4.39 Å². The van der Waals surface area contributed by atoms with Gasteiger partial charge in [0.15, 0.2) is 11.0 Å². The minimum Gasteiger partial charge on any atom is -0.326 e. The van der Waals surface area contributed by atoms with Crippen LogP contribution in [-0.2, 0) is 6.54 Å². The minimum atomic E-state index is -0.600. The third-order valence-corrected chi connectivity index (χ3v) is 1.77. The molecule has 0 aromatic carbocycles. The molecule has 0 fully saturated rings. The second-order valence-electron chi connectivity index (χ2n) is 1.92. The van der Waals surface area contributed by atoms with Crippen LogP contribution in [0.15, 0.2) is 6.07 Å². The number of nitrogens with two attached hydrogens (primary N) is 1. The monoisotopic (exact) mass is 194 g/mol. The quantitative estimate of drug-likeness (QED) is 0.695. The summed E-state index contributed by atoms with van der Waals surface area (Å²) < 4.78 is 12.6. The maximum atomic E-state index is 12.6. The molecule has 0 amide bonds. The minimum absolute atomic E-state index is 0.152. The highest BCUT2D eigenvalue weighted by Crippen LogP contribution is 2.19. The maximum absolute atomic E-state index is 12.6.